The Labute approximate surface area is 99.7 Å². The Morgan fingerprint density at radius 3 is 2.60 bits per heavy atom. The zero-order chi connectivity index (χ0) is 11.1. The lowest BCUT2D eigenvalue weighted by atomic mass is 10.2. The molecule has 0 spiro atoms. The predicted octanol–water partition coefficient (Wildman–Crippen LogP) is 3.77. The minimum Gasteiger partial charge on any atom is -0.490 e. The summed E-state index contributed by atoms with van der Waals surface area (Å²) in [5, 5.41) is 0.785. The molecule has 0 bridgehead atoms. The zero-order valence-electron chi connectivity index (χ0n) is 9.25. The molecule has 15 heavy (non-hydrogen) atoms. The molecule has 1 rings (SSSR count). The molecule has 0 atom stereocenters. The molecule has 0 aliphatic carbocycles. The van der Waals surface area contributed by atoms with Crippen molar-refractivity contribution in [2.45, 2.75) is 25.6 Å². The van der Waals surface area contributed by atoms with Crippen molar-refractivity contribution >= 4 is 15.9 Å². The van der Waals surface area contributed by atoms with E-state index in [4.69, 9.17) is 9.47 Å². The van der Waals surface area contributed by atoms with Crippen molar-refractivity contribution in [3.63, 3.8) is 0 Å². The van der Waals surface area contributed by atoms with E-state index in [1.807, 2.05) is 25.1 Å². The van der Waals surface area contributed by atoms with E-state index in [1.165, 1.54) is 0 Å². The standard InChI is InChI=1S/C12H17BrO2/c1-3-8-15-12-10(9-13)6-5-7-11(12)14-4-2/h5-7H,3-4,8-9H2,1-2H3. The molecule has 0 amide bonds. The third-order valence-electron chi connectivity index (χ3n) is 1.95. The Bertz CT molecular complexity index is 300. The number of halogens is 1. The third kappa shape index (κ3) is 3.42. The first kappa shape index (κ1) is 12.4. The smallest absolute Gasteiger partial charge is 0.165 e. The van der Waals surface area contributed by atoms with Gasteiger partial charge in [-0.25, -0.2) is 0 Å². The van der Waals surface area contributed by atoms with Crippen LogP contribution in [0.15, 0.2) is 18.2 Å². The van der Waals surface area contributed by atoms with Crippen LogP contribution in [0.1, 0.15) is 25.8 Å². The first-order valence-corrected chi connectivity index (χ1v) is 6.39. The second-order valence-electron chi connectivity index (χ2n) is 3.16. The second kappa shape index (κ2) is 6.72. The van der Waals surface area contributed by atoms with Crippen LogP contribution in [0.25, 0.3) is 0 Å². The molecule has 0 saturated carbocycles. The molecule has 0 unspecified atom stereocenters. The van der Waals surface area contributed by atoms with Gasteiger partial charge in [-0.15, -0.1) is 0 Å². The van der Waals surface area contributed by atoms with Gasteiger partial charge in [0.1, 0.15) is 0 Å². The number of para-hydroxylation sites is 1. The lowest BCUT2D eigenvalue weighted by molar-refractivity contribution is 0.275. The molecular weight excluding hydrogens is 256 g/mol. The summed E-state index contributed by atoms with van der Waals surface area (Å²) in [5.41, 5.74) is 1.13. The van der Waals surface area contributed by atoms with Gasteiger partial charge in [0.05, 0.1) is 13.2 Å². The number of ether oxygens (including phenoxy) is 2. The normalized spacial score (nSPS) is 10.1. The van der Waals surface area contributed by atoms with Gasteiger partial charge in [-0.1, -0.05) is 35.0 Å². The number of hydrogen-bond donors (Lipinski definition) is 0. The summed E-state index contributed by atoms with van der Waals surface area (Å²) in [6.07, 6.45) is 1.00. The predicted molar refractivity (Wildman–Crippen MR) is 66.0 cm³/mol. The molecule has 0 aliphatic heterocycles. The Morgan fingerprint density at radius 2 is 2.00 bits per heavy atom. The first-order chi connectivity index (χ1) is 7.33. The first-order valence-electron chi connectivity index (χ1n) is 5.26. The maximum absolute atomic E-state index is 5.71. The van der Waals surface area contributed by atoms with E-state index in [1.54, 1.807) is 0 Å². The number of hydrogen-bond acceptors (Lipinski definition) is 2. The van der Waals surface area contributed by atoms with Gasteiger partial charge in [0, 0.05) is 10.9 Å². The van der Waals surface area contributed by atoms with Gasteiger partial charge in [-0.05, 0) is 19.4 Å². The molecule has 0 fully saturated rings. The SMILES string of the molecule is CCCOc1c(CBr)cccc1OCC. The van der Waals surface area contributed by atoms with E-state index in [0.29, 0.717) is 6.61 Å². The number of benzene rings is 1. The summed E-state index contributed by atoms with van der Waals surface area (Å²) in [5.74, 6) is 1.71. The van der Waals surface area contributed by atoms with Crippen molar-refractivity contribution in [2.75, 3.05) is 13.2 Å². The summed E-state index contributed by atoms with van der Waals surface area (Å²) in [4.78, 5) is 0. The number of alkyl halides is 1. The summed E-state index contributed by atoms with van der Waals surface area (Å²) < 4.78 is 11.2. The topological polar surface area (TPSA) is 18.5 Å². The molecular formula is C12H17BrO2. The summed E-state index contributed by atoms with van der Waals surface area (Å²) in [6.45, 7) is 5.46. The van der Waals surface area contributed by atoms with Crippen LogP contribution in [-0.2, 0) is 5.33 Å². The lowest BCUT2D eigenvalue weighted by Crippen LogP contribution is -2.02. The number of rotatable bonds is 6. The minimum absolute atomic E-state index is 0.661. The monoisotopic (exact) mass is 272 g/mol. The minimum atomic E-state index is 0.661. The molecule has 0 N–H and O–H groups in total. The third-order valence-corrected chi connectivity index (χ3v) is 2.56. The Kier molecular flexibility index (Phi) is 5.54. The van der Waals surface area contributed by atoms with E-state index in [2.05, 4.69) is 22.9 Å². The van der Waals surface area contributed by atoms with Crippen molar-refractivity contribution < 1.29 is 9.47 Å². The van der Waals surface area contributed by atoms with Crippen LogP contribution < -0.4 is 9.47 Å². The Hall–Kier alpha value is -0.700. The maximum atomic E-state index is 5.71. The lowest BCUT2D eigenvalue weighted by Gasteiger charge is -2.14. The van der Waals surface area contributed by atoms with Crippen LogP contribution in [0, 0.1) is 0 Å². The van der Waals surface area contributed by atoms with Crippen molar-refractivity contribution in [2.24, 2.45) is 0 Å². The second-order valence-corrected chi connectivity index (χ2v) is 3.72. The van der Waals surface area contributed by atoms with Crippen LogP contribution in [0.3, 0.4) is 0 Å². The fourth-order valence-corrected chi connectivity index (χ4v) is 1.75. The highest BCUT2D eigenvalue weighted by Gasteiger charge is 2.09. The Balaban J connectivity index is 2.92. The molecule has 84 valence electrons. The van der Waals surface area contributed by atoms with Gasteiger partial charge in [0.2, 0.25) is 0 Å². The molecule has 3 heteroatoms. The van der Waals surface area contributed by atoms with Gasteiger partial charge in [0.25, 0.3) is 0 Å². The highest BCUT2D eigenvalue weighted by Crippen LogP contribution is 2.32. The van der Waals surface area contributed by atoms with E-state index >= 15 is 0 Å². The molecule has 1 aromatic rings. The highest BCUT2D eigenvalue weighted by molar-refractivity contribution is 9.08. The fourth-order valence-electron chi connectivity index (χ4n) is 1.30. The molecule has 0 heterocycles. The van der Waals surface area contributed by atoms with E-state index in [0.717, 1.165) is 35.4 Å². The van der Waals surface area contributed by atoms with E-state index in [9.17, 15) is 0 Å². The van der Waals surface area contributed by atoms with E-state index in [-0.39, 0.29) is 0 Å². The van der Waals surface area contributed by atoms with Crippen LogP contribution in [0.2, 0.25) is 0 Å². The van der Waals surface area contributed by atoms with Crippen molar-refractivity contribution in [1.82, 2.24) is 0 Å². The van der Waals surface area contributed by atoms with Crippen LogP contribution >= 0.6 is 15.9 Å². The van der Waals surface area contributed by atoms with Crippen LogP contribution in [0.4, 0.5) is 0 Å². The van der Waals surface area contributed by atoms with Gasteiger partial charge in [-0.2, -0.15) is 0 Å². The van der Waals surface area contributed by atoms with E-state index < -0.39 is 0 Å². The summed E-state index contributed by atoms with van der Waals surface area (Å²) >= 11 is 3.45. The quantitative estimate of drug-likeness (QED) is 0.734. The molecule has 1 aromatic carbocycles. The van der Waals surface area contributed by atoms with Crippen molar-refractivity contribution in [3.05, 3.63) is 23.8 Å². The van der Waals surface area contributed by atoms with Gasteiger partial charge in [-0.3, -0.25) is 0 Å². The van der Waals surface area contributed by atoms with Crippen molar-refractivity contribution in [1.29, 1.82) is 0 Å². The van der Waals surface area contributed by atoms with Gasteiger partial charge >= 0.3 is 0 Å². The Morgan fingerprint density at radius 1 is 1.20 bits per heavy atom. The average Bonchev–Trinajstić information content (AvgIpc) is 2.27. The van der Waals surface area contributed by atoms with Crippen molar-refractivity contribution in [3.8, 4) is 11.5 Å². The van der Waals surface area contributed by atoms with Crippen LogP contribution in [0.5, 0.6) is 11.5 Å². The largest absolute Gasteiger partial charge is 0.490 e. The molecule has 2 nitrogen and oxygen atoms in total. The average molecular weight is 273 g/mol. The van der Waals surface area contributed by atoms with Gasteiger partial charge < -0.3 is 9.47 Å². The maximum Gasteiger partial charge on any atom is 0.165 e. The van der Waals surface area contributed by atoms with Gasteiger partial charge in [0.15, 0.2) is 11.5 Å². The fraction of sp³-hybridized carbons (Fsp3) is 0.500. The molecule has 0 radical (unpaired) electrons. The molecule has 0 saturated heterocycles. The highest BCUT2D eigenvalue weighted by atomic mass is 79.9. The zero-order valence-corrected chi connectivity index (χ0v) is 10.8. The summed E-state index contributed by atoms with van der Waals surface area (Å²) in [6, 6.07) is 5.98. The summed E-state index contributed by atoms with van der Waals surface area (Å²) in [7, 11) is 0. The molecule has 0 aliphatic rings. The van der Waals surface area contributed by atoms with Crippen LogP contribution in [-0.4, -0.2) is 13.2 Å². The molecule has 0 aromatic heterocycles.